The van der Waals surface area contributed by atoms with Crippen molar-refractivity contribution in [2.75, 3.05) is 24.6 Å². The Hall–Kier alpha value is -2.70. The van der Waals surface area contributed by atoms with Crippen molar-refractivity contribution in [3.05, 3.63) is 35.3 Å². The topological polar surface area (TPSA) is 72.9 Å². The minimum absolute atomic E-state index is 0.347. The van der Waals surface area contributed by atoms with Crippen LogP contribution in [0.4, 0.5) is 10.1 Å². The van der Waals surface area contributed by atoms with Gasteiger partial charge in [0.05, 0.1) is 36.0 Å². The van der Waals surface area contributed by atoms with E-state index in [9.17, 15) is 9.65 Å². The molecule has 6 heteroatoms. The second-order valence-electron chi connectivity index (χ2n) is 5.19. The van der Waals surface area contributed by atoms with Gasteiger partial charge in [0.2, 0.25) is 0 Å². The lowest BCUT2D eigenvalue weighted by Crippen LogP contribution is -2.42. The van der Waals surface area contributed by atoms with Crippen molar-refractivity contribution in [1.82, 2.24) is 4.98 Å². The van der Waals surface area contributed by atoms with Gasteiger partial charge in [-0.2, -0.15) is 10.5 Å². The molecule has 5 nitrogen and oxygen atoms in total. The first-order valence-corrected chi connectivity index (χ1v) is 6.89. The largest absolute Gasteiger partial charge is 0.364 e. The van der Waals surface area contributed by atoms with Crippen LogP contribution in [-0.2, 0) is 4.74 Å². The molecule has 1 unspecified atom stereocenters. The number of nitriles is 2. The molecule has 2 heterocycles. The third-order valence-corrected chi connectivity index (χ3v) is 3.75. The van der Waals surface area contributed by atoms with Gasteiger partial charge in [-0.3, -0.25) is 4.98 Å². The molecule has 1 aromatic heterocycles. The van der Waals surface area contributed by atoms with Crippen molar-refractivity contribution in [1.29, 1.82) is 10.5 Å². The number of aromatic nitrogens is 1. The van der Waals surface area contributed by atoms with E-state index in [-0.39, 0.29) is 5.82 Å². The number of halogens is 1. The Morgan fingerprint density at radius 3 is 2.95 bits per heavy atom. The number of nitrogens with zero attached hydrogens (tertiary/aromatic N) is 4. The Kier molecular flexibility index (Phi) is 3.62. The van der Waals surface area contributed by atoms with Crippen LogP contribution in [0.5, 0.6) is 0 Å². The van der Waals surface area contributed by atoms with Crippen molar-refractivity contribution in [2.24, 2.45) is 0 Å². The Morgan fingerprint density at radius 2 is 2.23 bits per heavy atom. The van der Waals surface area contributed by atoms with Crippen molar-refractivity contribution in [3.63, 3.8) is 0 Å². The summed E-state index contributed by atoms with van der Waals surface area (Å²) in [7, 11) is 0. The molecule has 1 atom stereocenters. The summed E-state index contributed by atoms with van der Waals surface area (Å²) < 4.78 is 19.2. The number of benzene rings is 1. The predicted octanol–water partition coefficient (Wildman–Crippen LogP) is 2.28. The molecule has 0 spiro atoms. The Balaban J connectivity index is 2.22. The summed E-state index contributed by atoms with van der Waals surface area (Å²) in [4.78, 5) is 6.18. The van der Waals surface area contributed by atoms with Crippen LogP contribution in [0.2, 0.25) is 0 Å². The van der Waals surface area contributed by atoms with E-state index in [1.54, 1.807) is 6.92 Å². The Labute approximate surface area is 127 Å². The van der Waals surface area contributed by atoms with E-state index in [0.29, 0.717) is 47.4 Å². The summed E-state index contributed by atoms with van der Waals surface area (Å²) in [6, 6.07) is 6.99. The number of hydrogen-bond acceptors (Lipinski definition) is 5. The summed E-state index contributed by atoms with van der Waals surface area (Å²) >= 11 is 0. The van der Waals surface area contributed by atoms with E-state index in [2.05, 4.69) is 17.1 Å². The van der Waals surface area contributed by atoms with Gasteiger partial charge in [-0.15, -0.1) is 0 Å². The fourth-order valence-electron chi connectivity index (χ4n) is 2.78. The highest BCUT2D eigenvalue weighted by molar-refractivity contribution is 5.96. The summed E-state index contributed by atoms with van der Waals surface area (Å²) in [5, 5.41) is 19.0. The molecule has 0 bridgehead atoms. The highest BCUT2D eigenvalue weighted by Crippen LogP contribution is 2.32. The van der Waals surface area contributed by atoms with Gasteiger partial charge in [0, 0.05) is 18.1 Å². The SMILES string of the molecule is Cc1cc(F)cc2c(N3CCOC(C#N)C3)c(C#N)cnc12. The van der Waals surface area contributed by atoms with Crippen LogP contribution in [0.15, 0.2) is 18.3 Å². The zero-order chi connectivity index (χ0) is 15.7. The molecule has 1 aliphatic rings. The van der Waals surface area contributed by atoms with E-state index < -0.39 is 6.10 Å². The van der Waals surface area contributed by atoms with Gasteiger partial charge in [0.15, 0.2) is 6.10 Å². The minimum atomic E-state index is -0.557. The van der Waals surface area contributed by atoms with Gasteiger partial charge < -0.3 is 9.64 Å². The van der Waals surface area contributed by atoms with Crippen LogP contribution in [0, 0.1) is 35.4 Å². The van der Waals surface area contributed by atoms with Crippen molar-refractivity contribution < 1.29 is 9.13 Å². The smallest absolute Gasteiger partial charge is 0.161 e. The second kappa shape index (κ2) is 5.59. The van der Waals surface area contributed by atoms with E-state index >= 15 is 0 Å². The van der Waals surface area contributed by atoms with Crippen LogP contribution in [0.25, 0.3) is 10.9 Å². The van der Waals surface area contributed by atoms with Gasteiger partial charge in [0.1, 0.15) is 11.9 Å². The summed E-state index contributed by atoms with van der Waals surface area (Å²) in [5.74, 6) is -0.367. The fourth-order valence-corrected chi connectivity index (χ4v) is 2.78. The maximum Gasteiger partial charge on any atom is 0.161 e. The minimum Gasteiger partial charge on any atom is -0.364 e. The molecule has 0 radical (unpaired) electrons. The molecule has 0 N–H and O–H groups in total. The number of fused-ring (bicyclic) bond motifs is 1. The van der Waals surface area contributed by atoms with Crippen molar-refractivity contribution in [3.8, 4) is 12.1 Å². The van der Waals surface area contributed by atoms with Gasteiger partial charge >= 0.3 is 0 Å². The molecular weight excluding hydrogens is 283 g/mol. The van der Waals surface area contributed by atoms with Gasteiger partial charge in [-0.05, 0) is 24.6 Å². The lowest BCUT2D eigenvalue weighted by atomic mass is 10.0. The monoisotopic (exact) mass is 296 g/mol. The average molecular weight is 296 g/mol. The molecule has 2 aromatic rings. The first-order chi connectivity index (χ1) is 10.6. The van der Waals surface area contributed by atoms with E-state index in [1.807, 2.05) is 4.90 Å². The molecule has 1 aromatic carbocycles. The van der Waals surface area contributed by atoms with E-state index in [4.69, 9.17) is 10.00 Å². The number of morpholine rings is 1. The quantitative estimate of drug-likeness (QED) is 0.807. The molecule has 22 heavy (non-hydrogen) atoms. The zero-order valence-electron chi connectivity index (χ0n) is 12.0. The molecule has 0 amide bonds. The molecule has 0 saturated carbocycles. The number of rotatable bonds is 1. The highest BCUT2D eigenvalue weighted by Gasteiger charge is 2.24. The maximum absolute atomic E-state index is 13.8. The molecule has 3 rings (SSSR count). The standard InChI is InChI=1S/C16H13FN4O/c1-10-4-12(17)5-14-15(10)20-8-11(6-18)16(14)21-2-3-22-13(7-19)9-21/h4-5,8,13H,2-3,9H2,1H3. The number of pyridine rings is 1. The van der Waals surface area contributed by atoms with Gasteiger partial charge in [-0.25, -0.2) is 4.39 Å². The van der Waals surface area contributed by atoms with Crippen LogP contribution < -0.4 is 4.90 Å². The van der Waals surface area contributed by atoms with Crippen LogP contribution in [0.3, 0.4) is 0 Å². The molecule has 1 fully saturated rings. The van der Waals surface area contributed by atoms with Crippen LogP contribution in [0.1, 0.15) is 11.1 Å². The third-order valence-electron chi connectivity index (χ3n) is 3.75. The van der Waals surface area contributed by atoms with Crippen LogP contribution in [-0.4, -0.2) is 30.8 Å². The predicted molar refractivity (Wildman–Crippen MR) is 78.7 cm³/mol. The Morgan fingerprint density at radius 1 is 1.41 bits per heavy atom. The lowest BCUT2D eigenvalue weighted by Gasteiger charge is -2.32. The third kappa shape index (κ3) is 2.34. The second-order valence-corrected chi connectivity index (χ2v) is 5.19. The van der Waals surface area contributed by atoms with Crippen molar-refractivity contribution in [2.45, 2.75) is 13.0 Å². The normalized spacial score (nSPS) is 18.0. The molecule has 0 aliphatic carbocycles. The molecule has 110 valence electrons. The average Bonchev–Trinajstić information content (AvgIpc) is 2.53. The highest BCUT2D eigenvalue weighted by atomic mass is 19.1. The van der Waals surface area contributed by atoms with Crippen molar-refractivity contribution >= 4 is 16.6 Å². The Bertz CT molecular complexity index is 821. The number of anilines is 1. The van der Waals surface area contributed by atoms with Gasteiger partial charge in [-0.1, -0.05) is 0 Å². The maximum atomic E-state index is 13.8. The zero-order valence-corrected chi connectivity index (χ0v) is 12.0. The number of hydrogen-bond donors (Lipinski definition) is 0. The first-order valence-electron chi connectivity index (χ1n) is 6.89. The molecular formula is C16H13FN4O. The molecule has 1 saturated heterocycles. The summed E-state index contributed by atoms with van der Waals surface area (Å²) in [6.45, 7) is 3.06. The fraction of sp³-hybridized carbons (Fsp3) is 0.312. The number of aryl methyl sites for hydroxylation is 1. The van der Waals surface area contributed by atoms with Gasteiger partial charge in [0.25, 0.3) is 0 Å². The summed E-state index contributed by atoms with van der Waals surface area (Å²) in [5.41, 5.74) is 2.37. The molecule has 1 aliphatic heterocycles. The summed E-state index contributed by atoms with van der Waals surface area (Å²) in [6.07, 6.45) is 0.942. The lowest BCUT2D eigenvalue weighted by molar-refractivity contribution is 0.0765. The van der Waals surface area contributed by atoms with E-state index in [1.165, 1.54) is 18.3 Å². The number of ether oxygens (including phenoxy) is 1. The first kappa shape index (κ1) is 14.2. The van der Waals surface area contributed by atoms with E-state index in [0.717, 1.165) is 0 Å². The van der Waals surface area contributed by atoms with Crippen LogP contribution >= 0.6 is 0 Å².